The summed E-state index contributed by atoms with van der Waals surface area (Å²) in [6.45, 7) is 3.60. The van der Waals surface area contributed by atoms with E-state index in [0.29, 0.717) is 17.3 Å². The van der Waals surface area contributed by atoms with Gasteiger partial charge in [0, 0.05) is 18.5 Å². The second kappa shape index (κ2) is 5.36. The molecule has 0 radical (unpaired) electrons. The van der Waals surface area contributed by atoms with E-state index in [4.69, 9.17) is 4.42 Å². The minimum Gasteiger partial charge on any atom is -0.445 e. The molecule has 3 rings (SSSR count). The van der Waals surface area contributed by atoms with Crippen LogP contribution in [-0.4, -0.2) is 15.9 Å². The number of pyridine rings is 1. The molecule has 1 N–H and O–H groups in total. The minimum absolute atomic E-state index is 0.146. The van der Waals surface area contributed by atoms with Crippen molar-refractivity contribution in [1.29, 1.82) is 0 Å². The van der Waals surface area contributed by atoms with Gasteiger partial charge in [0.2, 0.25) is 5.91 Å². The molecule has 0 aliphatic carbocycles. The lowest BCUT2D eigenvalue weighted by Gasteiger charge is -2.07. The molecular formula is C16H15N3O2. The molecule has 5 nitrogen and oxygen atoms in total. The van der Waals surface area contributed by atoms with Crippen LogP contribution in [0.5, 0.6) is 0 Å². The lowest BCUT2D eigenvalue weighted by molar-refractivity contribution is -0.115. The predicted molar refractivity (Wildman–Crippen MR) is 80.1 cm³/mol. The largest absolute Gasteiger partial charge is 0.445 e. The van der Waals surface area contributed by atoms with Crippen molar-refractivity contribution >= 4 is 22.5 Å². The van der Waals surface area contributed by atoms with Gasteiger partial charge in [0.1, 0.15) is 5.76 Å². The Balaban J connectivity index is 1.82. The molecule has 0 unspecified atom stereocenters. The third-order valence-corrected chi connectivity index (χ3v) is 3.23. The first-order valence-corrected chi connectivity index (χ1v) is 6.70. The number of aryl methyl sites for hydroxylation is 2. The lowest BCUT2D eigenvalue weighted by atomic mass is 10.2. The molecular weight excluding hydrogens is 266 g/mol. The highest BCUT2D eigenvalue weighted by atomic mass is 16.4. The van der Waals surface area contributed by atoms with E-state index in [0.717, 1.165) is 16.6 Å². The van der Waals surface area contributed by atoms with Gasteiger partial charge >= 0.3 is 0 Å². The summed E-state index contributed by atoms with van der Waals surface area (Å²) >= 11 is 0. The topological polar surface area (TPSA) is 68.0 Å². The van der Waals surface area contributed by atoms with Crippen LogP contribution >= 0.6 is 0 Å². The molecule has 106 valence electrons. The van der Waals surface area contributed by atoms with Crippen molar-refractivity contribution in [2.45, 2.75) is 20.3 Å². The SMILES string of the molecule is Cc1nc(C)c(CC(=O)Nc2cccc3cccnc23)o1. The van der Waals surface area contributed by atoms with Crippen LogP contribution in [0.3, 0.4) is 0 Å². The zero-order valence-corrected chi connectivity index (χ0v) is 11.9. The highest BCUT2D eigenvalue weighted by Crippen LogP contribution is 2.21. The van der Waals surface area contributed by atoms with Gasteiger partial charge in [-0.15, -0.1) is 0 Å². The first-order valence-electron chi connectivity index (χ1n) is 6.70. The molecule has 0 fully saturated rings. The standard InChI is InChI=1S/C16H15N3O2/c1-10-14(21-11(2)18-10)9-15(20)19-13-7-3-5-12-6-4-8-17-16(12)13/h3-8H,9H2,1-2H3,(H,19,20). The number of carbonyl (C=O) groups is 1. The molecule has 0 saturated heterocycles. The summed E-state index contributed by atoms with van der Waals surface area (Å²) in [5.74, 6) is 1.02. The molecule has 0 saturated carbocycles. The van der Waals surface area contributed by atoms with Crippen LogP contribution in [0.15, 0.2) is 40.9 Å². The molecule has 0 aliphatic heterocycles. The number of oxazole rings is 1. The Hall–Kier alpha value is -2.69. The molecule has 21 heavy (non-hydrogen) atoms. The first-order chi connectivity index (χ1) is 10.1. The summed E-state index contributed by atoms with van der Waals surface area (Å²) in [5.41, 5.74) is 2.23. The number of benzene rings is 1. The van der Waals surface area contributed by atoms with Crippen molar-refractivity contribution in [3.8, 4) is 0 Å². The number of para-hydroxylation sites is 1. The van der Waals surface area contributed by atoms with E-state index in [9.17, 15) is 4.79 Å². The summed E-state index contributed by atoms with van der Waals surface area (Å²) in [5, 5.41) is 3.87. The van der Waals surface area contributed by atoms with Crippen LogP contribution in [0.1, 0.15) is 17.3 Å². The molecule has 1 aromatic carbocycles. The van der Waals surface area contributed by atoms with Gasteiger partial charge in [-0.3, -0.25) is 9.78 Å². The summed E-state index contributed by atoms with van der Waals surface area (Å²) in [7, 11) is 0. The molecule has 1 amide bonds. The zero-order chi connectivity index (χ0) is 14.8. The van der Waals surface area contributed by atoms with Crippen molar-refractivity contribution in [1.82, 2.24) is 9.97 Å². The number of hydrogen-bond acceptors (Lipinski definition) is 4. The zero-order valence-electron chi connectivity index (χ0n) is 11.9. The summed E-state index contributed by atoms with van der Waals surface area (Å²) in [6, 6.07) is 9.52. The average molecular weight is 281 g/mol. The van der Waals surface area contributed by atoms with Crippen LogP contribution < -0.4 is 5.32 Å². The number of nitrogens with one attached hydrogen (secondary N) is 1. The van der Waals surface area contributed by atoms with Gasteiger partial charge in [-0.2, -0.15) is 0 Å². The smallest absolute Gasteiger partial charge is 0.232 e. The molecule has 0 aliphatic rings. The van der Waals surface area contributed by atoms with Crippen molar-refractivity contribution in [3.63, 3.8) is 0 Å². The van der Waals surface area contributed by atoms with Gasteiger partial charge in [0.15, 0.2) is 5.89 Å². The fraction of sp³-hybridized carbons (Fsp3) is 0.188. The number of anilines is 1. The van der Waals surface area contributed by atoms with E-state index in [2.05, 4.69) is 15.3 Å². The minimum atomic E-state index is -0.146. The third kappa shape index (κ3) is 2.76. The van der Waals surface area contributed by atoms with Crippen molar-refractivity contribution in [3.05, 3.63) is 53.9 Å². The Labute approximate surface area is 122 Å². The summed E-state index contributed by atoms with van der Waals surface area (Å²) < 4.78 is 5.42. The first kappa shape index (κ1) is 13.3. The third-order valence-electron chi connectivity index (χ3n) is 3.23. The number of nitrogens with zero attached hydrogens (tertiary/aromatic N) is 2. The highest BCUT2D eigenvalue weighted by molar-refractivity contribution is 6.00. The normalized spacial score (nSPS) is 10.8. The van der Waals surface area contributed by atoms with Crippen LogP contribution in [0.4, 0.5) is 5.69 Å². The van der Waals surface area contributed by atoms with Gasteiger partial charge in [-0.05, 0) is 19.1 Å². The Morgan fingerprint density at radius 1 is 1.24 bits per heavy atom. The number of amides is 1. The Morgan fingerprint density at radius 3 is 2.81 bits per heavy atom. The second-order valence-corrected chi connectivity index (χ2v) is 4.85. The van der Waals surface area contributed by atoms with Crippen LogP contribution in [-0.2, 0) is 11.2 Å². The van der Waals surface area contributed by atoms with E-state index in [1.54, 1.807) is 13.1 Å². The monoisotopic (exact) mass is 281 g/mol. The fourth-order valence-corrected chi connectivity index (χ4v) is 2.28. The molecule has 3 aromatic rings. The fourth-order valence-electron chi connectivity index (χ4n) is 2.28. The summed E-state index contributed by atoms with van der Waals surface area (Å²) in [6.07, 6.45) is 1.87. The van der Waals surface area contributed by atoms with E-state index in [1.807, 2.05) is 37.3 Å². The van der Waals surface area contributed by atoms with Crippen molar-refractivity contribution in [2.75, 3.05) is 5.32 Å². The van der Waals surface area contributed by atoms with Gasteiger partial charge in [0.05, 0.1) is 23.3 Å². The van der Waals surface area contributed by atoms with Crippen LogP contribution in [0, 0.1) is 13.8 Å². The van der Waals surface area contributed by atoms with Crippen molar-refractivity contribution in [2.24, 2.45) is 0 Å². The number of hydrogen-bond donors (Lipinski definition) is 1. The number of carbonyl (C=O) groups excluding carboxylic acids is 1. The Kier molecular flexibility index (Phi) is 3.39. The maximum Gasteiger partial charge on any atom is 0.232 e. The van der Waals surface area contributed by atoms with E-state index < -0.39 is 0 Å². The predicted octanol–water partition coefficient (Wildman–Crippen LogP) is 3.02. The Morgan fingerprint density at radius 2 is 2.05 bits per heavy atom. The quantitative estimate of drug-likeness (QED) is 0.801. The number of fused-ring (bicyclic) bond motifs is 1. The maximum absolute atomic E-state index is 12.2. The van der Waals surface area contributed by atoms with Gasteiger partial charge < -0.3 is 9.73 Å². The lowest BCUT2D eigenvalue weighted by Crippen LogP contribution is -2.15. The molecule has 0 bridgehead atoms. The molecule has 2 aromatic heterocycles. The maximum atomic E-state index is 12.2. The number of rotatable bonds is 3. The number of aromatic nitrogens is 2. The van der Waals surface area contributed by atoms with Gasteiger partial charge in [-0.1, -0.05) is 18.2 Å². The van der Waals surface area contributed by atoms with Crippen LogP contribution in [0.2, 0.25) is 0 Å². The van der Waals surface area contributed by atoms with E-state index in [1.165, 1.54) is 0 Å². The van der Waals surface area contributed by atoms with Crippen molar-refractivity contribution < 1.29 is 9.21 Å². The highest BCUT2D eigenvalue weighted by Gasteiger charge is 2.13. The molecule has 0 atom stereocenters. The van der Waals surface area contributed by atoms with E-state index >= 15 is 0 Å². The molecule has 0 spiro atoms. The van der Waals surface area contributed by atoms with Gasteiger partial charge in [-0.25, -0.2) is 4.98 Å². The summed E-state index contributed by atoms with van der Waals surface area (Å²) in [4.78, 5) is 20.6. The Bertz CT molecular complexity index is 803. The van der Waals surface area contributed by atoms with Gasteiger partial charge in [0.25, 0.3) is 0 Å². The molecule has 5 heteroatoms. The second-order valence-electron chi connectivity index (χ2n) is 4.85. The van der Waals surface area contributed by atoms with E-state index in [-0.39, 0.29) is 12.3 Å². The molecule has 2 heterocycles. The average Bonchev–Trinajstić information content (AvgIpc) is 2.77. The van der Waals surface area contributed by atoms with Crippen LogP contribution in [0.25, 0.3) is 10.9 Å².